The molecule has 1 aromatic rings. The van der Waals surface area contributed by atoms with Gasteiger partial charge in [0.15, 0.2) is 5.11 Å². The Morgan fingerprint density at radius 2 is 2.09 bits per heavy atom. The minimum absolute atomic E-state index is 0.498. The van der Waals surface area contributed by atoms with Crippen LogP contribution < -0.4 is 10.7 Å². The number of benzene rings is 1. The third-order valence-electron chi connectivity index (χ3n) is 3.24. The Bertz CT molecular complexity index is 546. The topological polar surface area (TPSA) is 72.7 Å². The number of rotatable bonds is 5. The number of thiocarbonyl (C=S) groups is 1. The molecule has 0 atom stereocenters. The van der Waals surface area contributed by atoms with Gasteiger partial charge in [-0.15, -0.1) is 0 Å². The van der Waals surface area contributed by atoms with E-state index in [0.717, 1.165) is 45.0 Å². The van der Waals surface area contributed by atoms with Crippen LogP contribution in [0.3, 0.4) is 0 Å². The SMILES string of the molecule is N#Cc1ccc(/C=N/NC(=S)NCCN2CCOCC2)cc1. The van der Waals surface area contributed by atoms with Crippen molar-refractivity contribution in [2.75, 3.05) is 39.4 Å². The van der Waals surface area contributed by atoms with Crippen LogP contribution in [0.25, 0.3) is 0 Å². The Labute approximate surface area is 135 Å². The van der Waals surface area contributed by atoms with Crippen molar-refractivity contribution in [3.8, 4) is 6.07 Å². The molecule has 1 aliphatic rings. The van der Waals surface area contributed by atoms with Gasteiger partial charge in [0.1, 0.15) is 0 Å². The number of hydrogen-bond donors (Lipinski definition) is 2. The average molecular weight is 317 g/mol. The molecule has 6 nitrogen and oxygen atoms in total. The third-order valence-corrected chi connectivity index (χ3v) is 3.47. The van der Waals surface area contributed by atoms with Crippen LogP contribution in [-0.2, 0) is 4.74 Å². The fourth-order valence-electron chi connectivity index (χ4n) is 2.00. The normalized spacial score (nSPS) is 15.4. The molecule has 0 unspecified atom stereocenters. The zero-order valence-corrected chi connectivity index (χ0v) is 13.1. The predicted octanol–water partition coefficient (Wildman–Crippen LogP) is 0.688. The summed E-state index contributed by atoms with van der Waals surface area (Å²) in [4.78, 5) is 2.33. The van der Waals surface area contributed by atoms with Gasteiger partial charge in [0.25, 0.3) is 0 Å². The van der Waals surface area contributed by atoms with Gasteiger partial charge in [0, 0.05) is 26.2 Å². The van der Waals surface area contributed by atoms with Gasteiger partial charge in [-0.05, 0) is 29.9 Å². The molecule has 1 aliphatic heterocycles. The van der Waals surface area contributed by atoms with Crippen LogP contribution in [0.4, 0.5) is 0 Å². The van der Waals surface area contributed by atoms with Gasteiger partial charge in [0.05, 0.1) is 31.1 Å². The zero-order chi connectivity index (χ0) is 15.6. The van der Waals surface area contributed by atoms with Crippen LogP contribution in [0.2, 0.25) is 0 Å². The van der Waals surface area contributed by atoms with E-state index in [-0.39, 0.29) is 0 Å². The number of morpholine rings is 1. The maximum absolute atomic E-state index is 8.72. The summed E-state index contributed by atoms with van der Waals surface area (Å²) in [5, 5.41) is 16.4. The lowest BCUT2D eigenvalue weighted by Crippen LogP contribution is -2.42. The van der Waals surface area contributed by atoms with Crippen LogP contribution in [0.5, 0.6) is 0 Å². The van der Waals surface area contributed by atoms with E-state index in [0.29, 0.717) is 10.7 Å². The molecule has 0 aromatic heterocycles. The van der Waals surface area contributed by atoms with Crippen molar-refractivity contribution in [1.29, 1.82) is 5.26 Å². The first-order valence-electron chi connectivity index (χ1n) is 7.15. The largest absolute Gasteiger partial charge is 0.379 e. The van der Waals surface area contributed by atoms with Gasteiger partial charge in [-0.25, -0.2) is 0 Å². The number of hydrogen-bond acceptors (Lipinski definition) is 5. The summed E-state index contributed by atoms with van der Waals surface area (Å²) in [6.45, 7) is 5.26. The molecular weight excluding hydrogens is 298 g/mol. The summed E-state index contributed by atoms with van der Waals surface area (Å²) in [6, 6.07) is 9.24. The second kappa shape index (κ2) is 9.10. The highest BCUT2D eigenvalue weighted by Gasteiger charge is 2.09. The first-order chi connectivity index (χ1) is 10.8. The summed E-state index contributed by atoms with van der Waals surface area (Å²) in [7, 11) is 0. The lowest BCUT2D eigenvalue weighted by molar-refractivity contribution is 0.0389. The van der Waals surface area contributed by atoms with Crippen molar-refractivity contribution in [1.82, 2.24) is 15.6 Å². The van der Waals surface area contributed by atoms with Gasteiger partial charge >= 0.3 is 0 Å². The lowest BCUT2D eigenvalue weighted by atomic mass is 10.2. The molecule has 1 heterocycles. The predicted molar refractivity (Wildman–Crippen MR) is 89.7 cm³/mol. The fraction of sp³-hybridized carbons (Fsp3) is 0.400. The number of nitrogens with one attached hydrogen (secondary N) is 2. The standard InChI is InChI=1S/C15H19N5OS/c16-11-13-1-3-14(4-2-13)12-18-19-15(22)17-5-6-20-7-9-21-10-8-20/h1-4,12H,5-10H2,(H2,17,19,22)/b18-12+. The third kappa shape index (κ3) is 5.77. The van der Waals surface area contributed by atoms with Crippen LogP contribution in [-0.4, -0.2) is 55.6 Å². The molecule has 2 N–H and O–H groups in total. The van der Waals surface area contributed by atoms with E-state index in [9.17, 15) is 0 Å². The van der Waals surface area contributed by atoms with Crippen molar-refractivity contribution in [2.45, 2.75) is 0 Å². The van der Waals surface area contributed by atoms with Crippen molar-refractivity contribution >= 4 is 23.5 Å². The summed E-state index contributed by atoms with van der Waals surface area (Å²) in [6.07, 6.45) is 1.66. The molecule has 0 bridgehead atoms. The average Bonchev–Trinajstić information content (AvgIpc) is 2.56. The Morgan fingerprint density at radius 3 is 2.77 bits per heavy atom. The molecule has 7 heteroatoms. The molecule has 116 valence electrons. The monoisotopic (exact) mass is 317 g/mol. The highest BCUT2D eigenvalue weighted by molar-refractivity contribution is 7.80. The van der Waals surface area contributed by atoms with E-state index in [4.69, 9.17) is 22.2 Å². The maximum atomic E-state index is 8.72. The first kappa shape index (κ1) is 16.4. The van der Waals surface area contributed by atoms with Crippen LogP contribution in [0.1, 0.15) is 11.1 Å². The van der Waals surface area contributed by atoms with Gasteiger partial charge in [0.2, 0.25) is 0 Å². The summed E-state index contributed by atoms with van der Waals surface area (Å²) in [5.74, 6) is 0. The van der Waals surface area contributed by atoms with Crippen LogP contribution in [0, 0.1) is 11.3 Å². The summed E-state index contributed by atoms with van der Waals surface area (Å²) < 4.78 is 5.30. The Hall–Kier alpha value is -2.01. The molecule has 1 saturated heterocycles. The second-order valence-corrected chi connectivity index (χ2v) is 5.22. The Balaban J connectivity index is 1.64. The fourth-order valence-corrected chi connectivity index (χ4v) is 2.16. The maximum Gasteiger partial charge on any atom is 0.187 e. The van der Waals surface area contributed by atoms with E-state index >= 15 is 0 Å². The van der Waals surface area contributed by atoms with Crippen molar-refractivity contribution in [2.24, 2.45) is 5.10 Å². The molecule has 0 spiro atoms. The molecule has 1 fully saturated rings. The minimum Gasteiger partial charge on any atom is -0.379 e. The molecule has 0 aliphatic carbocycles. The number of nitrogens with zero attached hydrogens (tertiary/aromatic N) is 3. The number of ether oxygens (including phenoxy) is 1. The molecule has 1 aromatic carbocycles. The highest BCUT2D eigenvalue weighted by Crippen LogP contribution is 2.00. The smallest absolute Gasteiger partial charge is 0.187 e. The Kier molecular flexibility index (Phi) is 6.77. The van der Waals surface area contributed by atoms with E-state index in [2.05, 4.69) is 26.8 Å². The highest BCUT2D eigenvalue weighted by atomic mass is 32.1. The summed E-state index contributed by atoms with van der Waals surface area (Å²) in [5.41, 5.74) is 4.31. The zero-order valence-electron chi connectivity index (χ0n) is 12.3. The molecule has 2 rings (SSSR count). The molecule has 0 saturated carbocycles. The Morgan fingerprint density at radius 1 is 1.36 bits per heavy atom. The van der Waals surface area contributed by atoms with E-state index in [1.807, 2.05) is 12.1 Å². The van der Waals surface area contributed by atoms with E-state index in [1.54, 1.807) is 18.3 Å². The quantitative estimate of drug-likeness (QED) is 0.473. The molecule has 22 heavy (non-hydrogen) atoms. The second-order valence-electron chi connectivity index (χ2n) is 4.81. The molecule has 0 amide bonds. The van der Waals surface area contributed by atoms with Gasteiger partial charge in [-0.1, -0.05) is 12.1 Å². The van der Waals surface area contributed by atoms with Crippen LogP contribution >= 0.6 is 12.2 Å². The van der Waals surface area contributed by atoms with Gasteiger partial charge in [-0.3, -0.25) is 10.3 Å². The summed E-state index contributed by atoms with van der Waals surface area (Å²) >= 11 is 5.15. The van der Waals surface area contributed by atoms with Crippen molar-refractivity contribution < 1.29 is 4.74 Å². The minimum atomic E-state index is 0.498. The molecular formula is C15H19N5OS. The number of hydrazone groups is 1. The lowest BCUT2D eigenvalue weighted by Gasteiger charge is -2.26. The van der Waals surface area contributed by atoms with Crippen molar-refractivity contribution in [3.63, 3.8) is 0 Å². The van der Waals surface area contributed by atoms with Crippen molar-refractivity contribution in [3.05, 3.63) is 35.4 Å². The van der Waals surface area contributed by atoms with E-state index in [1.165, 1.54) is 0 Å². The van der Waals surface area contributed by atoms with E-state index < -0.39 is 0 Å². The van der Waals surface area contributed by atoms with Gasteiger partial charge in [-0.2, -0.15) is 10.4 Å². The molecule has 0 radical (unpaired) electrons. The van der Waals surface area contributed by atoms with Crippen LogP contribution in [0.15, 0.2) is 29.4 Å². The number of nitriles is 1. The first-order valence-corrected chi connectivity index (χ1v) is 7.56. The van der Waals surface area contributed by atoms with Gasteiger partial charge < -0.3 is 10.1 Å².